The second-order valence-corrected chi connectivity index (χ2v) is 6.82. The van der Waals surface area contributed by atoms with Gasteiger partial charge < -0.3 is 4.74 Å². The molecular weight excluding hydrogens is 298 g/mol. The predicted octanol–water partition coefficient (Wildman–Crippen LogP) is 3.43. The maximum Gasteiger partial charge on any atom is 0.241 e. The standard InChI is InChI=1S/C17H21NO3S/c1-4-21-15-9-11-16(12-10-15)22(19,20)18-14(3)17-8-6-5-7-13(17)2/h5-12,14,18H,4H2,1-3H3/t14-/m1/s1. The van der Waals surface area contributed by atoms with Crippen molar-refractivity contribution in [2.45, 2.75) is 31.7 Å². The number of sulfonamides is 1. The first kappa shape index (κ1) is 16.5. The van der Waals surface area contributed by atoms with Gasteiger partial charge in [-0.05, 0) is 56.2 Å². The van der Waals surface area contributed by atoms with Gasteiger partial charge in [-0.3, -0.25) is 0 Å². The second kappa shape index (κ2) is 6.94. The zero-order valence-electron chi connectivity index (χ0n) is 13.0. The Labute approximate surface area is 132 Å². The van der Waals surface area contributed by atoms with E-state index in [4.69, 9.17) is 4.74 Å². The van der Waals surface area contributed by atoms with Gasteiger partial charge in [0, 0.05) is 6.04 Å². The van der Waals surface area contributed by atoms with Crippen molar-refractivity contribution in [2.75, 3.05) is 6.61 Å². The van der Waals surface area contributed by atoms with Crippen LogP contribution in [0.1, 0.15) is 31.0 Å². The molecule has 0 radical (unpaired) electrons. The third-order valence-corrected chi connectivity index (χ3v) is 4.99. The van der Waals surface area contributed by atoms with Crippen LogP contribution in [0.4, 0.5) is 0 Å². The van der Waals surface area contributed by atoms with Gasteiger partial charge in [-0.2, -0.15) is 0 Å². The van der Waals surface area contributed by atoms with Crippen molar-refractivity contribution < 1.29 is 13.2 Å². The highest BCUT2D eigenvalue weighted by Crippen LogP contribution is 2.21. The molecule has 22 heavy (non-hydrogen) atoms. The summed E-state index contributed by atoms with van der Waals surface area (Å²) in [6.45, 7) is 6.25. The third-order valence-electron chi connectivity index (χ3n) is 3.43. The van der Waals surface area contributed by atoms with E-state index in [0.717, 1.165) is 11.1 Å². The van der Waals surface area contributed by atoms with Crippen LogP contribution in [-0.2, 0) is 10.0 Å². The number of benzene rings is 2. The van der Waals surface area contributed by atoms with Crippen LogP contribution in [0.25, 0.3) is 0 Å². The lowest BCUT2D eigenvalue weighted by atomic mass is 10.0. The molecule has 0 aliphatic rings. The molecule has 2 aromatic carbocycles. The van der Waals surface area contributed by atoms with E-state index in [1.54, 1.807) is 24.3 Å². The zero-order chi connectivity index (χ0) is 16.2. The van der Waals surface area contributed by atoms with E-state index in [1.165, 1.54) is 0 Å². The Balaban J connectivity index is 2.18. The van der Waals surface area contributed by atoms with Gasteiger partial charge in [0.05, 0.1) is 11.5 Å². The summed E-state index contributed by atoms with van der Waals surface area (Å²) in [6, 6.07) is 13.9. The van der Waals surface area contributed by atoms with Crippen LogP contribution in [0.2, 0.25) is 0 Å². The number of aryl methyl sites for hydroxylation is 1. The Morgan fingerprint density at radius 3 is 2.32 bits per heavy atom. The van der Waals surface area contributed by atoms with Crippen LogP contribution in [0, 0.1) is 6.92 Å². The number of ether oxygens (including phenoxy) is 1. The predicted molar refractivity (Wildman–Crippen MR) is 87.5 cm³/mol. The molecule has 2 aromatic rings. The Bertz CT molecular complexity index is 724. The van der Waals surface area contributed by atoms with Crippen LogP contribution in [0.15, 0.2) is 53.4 Å². The van der Waals surface area contributed by atoms with Crippen molar-refractivity contribution in [1.29, 1.82) is 0 Å². The molecule has 0 unspecified atom stereocenters. The van der Waals surface area contributed by atoms with Crippen molar-refractivity contribution in [1.82, 2.24) is 4.72 Å². The van der Waals surface area contributed by atoms with Crippen molar-refractivity contribution in [2.24, 2.45) is 0 Å². The van der Waals surface area contributed by atoms with Crippen LogP contribution >= 0.6 is 0 Å². The average molecular weight is 319 g/mol. The molecule has 0 bridgehead atoms. The monoisotopic (exact) mass is 319 g/mol. The normalized spacial score (nSPS) is 12.9. The minimum absolute atomic E-state index is 0.233. The van der Waals surface area contributed by atoms with Gasteiger partial charge in [0.15, 0.2) is 0 Å². The molecule has 0 saturated heterocycles. The summed E-state index contributed by atoms with van der Waals surface area (Å²) in [4.78, 5) is 0.233. The lowest BCUT2D eigenvalue weighted by Gasteiger charge is -2.17. The van der Waals surface area contributed by atoms with Gasteiger partial charge >= 0.3 is 0 Å². The van der Waals surface area contributed by atoms with E-state index in [-0.39, 0.29) is 10.9 Å². The smallest absolute Gasteiger partial charge is 0.241 e. The SMILES string of the molecule is CCOc1ccc(S(=O)(=O)N[C@H](C)c2ccccc2C)cc1. The number of rotatable bonds is 6. The summed E-state index contributed by atoms with van der Waals surface area (Å²) >= 11 is 0. The Kier molecular flexibility index (Phi) is 5.21. The lowest BCUT2D eigenvalue weighted by Crippen LogP contribution is -2.27. The summed E-state index contributed by atoms with van der Waals surface area (Å²) in [5.41, 5.74) is 2.03. The summed E-state index contributed by atoms with van der Waals surface area (Å²) in [6.07, 6.45) is 0. The zero-order valence-corrected chi connectivity index (χ0v) is 13.9. The van der Waals surface area contributed by atoms with Gasteiger partial charge in [0.1, 0.15) is 5.75 Å². The molecule has 0 heterocycles. The van der Waals surface area contributed by atoms with Crippen molar-refractivity contribution >= 4 is 10.0 Å². The van der Waals surface area contributed by atoms with Crippen LogP contribution in [-0.4, -0.2) is 15.0 Å². The van der Waals surface area contributed by atoms with E-state index in [0.29, 0.717) is 12.4 Å². The molecule has 0 fully saturated rings. The van der Waals surface area contributed by atoms with Gasteiger partial charge in [0.25, 0.3) is 0 Å². The number of nitrogens with one attached hydrogen (secondary N) is 1. The summed E-state index contributed by atoms with van der Waals surface area (Å²) in [7, 11) is -3.56. The number of hydrogen-bond acceptors (Lipinski definition) is 3. The molecule has 0 saturated carbocycles. The molecule has 0 aliphatic heterocycles. The largest absolute Gasteiger partial charge is 0.494 e. The van der Waals surface area contributed by atoms with Gasteiger partial charge in [-0.25, -0.2) is 13.1 Å². The van der Waals surface area contributed by atoms with Crippen LogP contribution in [0.3, 0.4) is 0 Å². The van der Waals surface area contributed by atoms with E-state index in [2.05, 4.69) is 4.72 Å². The Morgan fingerprint density at radius 2 is 1.73 bits per heavy atom. The molecule has 0 aliphatic carbocycles. The third kappa shape index (κ3) is 3.87. The molecular formula is C17H21NO3S. The Morgan fingerprint density at radius 1 is 1.09 bits per heavy atom. The second-order valence-electron chi connectivity index (χ2n) is 5.10. The first-order chi connectivity index (χ1) is 10.4. The van der Waals surface area contributed by atoms with Gasteiger partial charge in [-0.15, -0.1) is 0 Å². The minimum Gasteiger partial charge on any atom is -0.494 e. The molecule has 118 valence electrons. The fraction of sp³-hybridized carbons (Fsp3) is 0.294. The van der Waals surface area contributed by atoms with Crippen molar-refractivity contribution in [3.63, 3.8) is 0 Å². The molecule has 0 amide bonds. The fourth-order valence-electron chi connectivity index (χ4n) is 2.32. The number of hydrogen-bond donors (Lipinski definition) is 1. The molecule has 1 N–H and O–H groups in total. The topological polar surface area (TPSA) is 55.4 Å². The quantitative estimate of drug-likeness (QED) is 0.887. The molecule has 1 atom stereocenters. The minimum atomic E-state index is -3.56. The average Bonchev–Trinajstić information content (AvgIpc) is 2.48. The van der Waals surface area contributed by atoms with Crippen LogP contribution in [0.5, 0.6) is 5.75 Å². The highest BCUT2D eigenvalue weighted by molar-refractivity contribution is 7.89. The first-order valence-electron chi connectivity index (χ1n) is 7.24. The summed E-state index contributed by atoms with van der Waals surface area (Å²) in [5, 5.41) is 0. The van der Waals surface area contributed by atoms with E-state index >= 15 is 0 Å². The molecule has 5 heteroatoms. The van der Waals surface area contributed by atoms with E-state index < -0.39 is 10.0 Å². The van der Waals surface area contributed by atoms with Crippen LogP contribution < -0.4 is 9.46 Å². The molecule has 0 aromatic heterocycles. The van der Waals surface area contributed by atoms with Gasteiger partial charge in [-0.1, -0.05) is 24.3 Å². The highest BCUT2D eigenvalue weighted by Gasteiger charge is 2.19. The lowest BCUT2D eigenvalue weighted by molar-refractivity contribution is 0.340. The maximum atomic E-state index is 12.4. The van der Waals surface area contributed by atoms with E-state index in [9.17, 15) is 8.42 Å². The maximum absolute atomic E-state index is 12.4. The first-order valence-corrected chi connectivity index (χ1v) is 8.73. The molecule has 0 spiro atoms. The fourth-order valence-corrected chi connectivity index (χ4v) is 3.54. The van der Waals surface area contributed by atoms with E-state index in [1.807, 2.05) is 45.0 Å². The summed E-state index contributed by atoms with van der Waals surface area (Å²) < 4.78 is 32.9. The summed E-state index contributed by atoms with van der Waals surface area (Å²) in [5.74, 6) is 0.661. The highest BCUT2D eigenvalue weighted by atomic mass is 32.2. The Hall–Kier alpha value is -1.85. The van der Waals surface area contributed by atoms with Crippen molar-refractivity contribution in [3.05, 3.63) is 59.7 Å². The van der Waals surface area contributed by atoms with Gasteiger partial charge in [0.2, 0.25) is 10.0 Å². The molecule has 2 rings (SSSR count). The molecule has 4 nitrogen and oxygen atoms in total. The van der Waals surface area contributed by atoms with Crippen molar-refractivity contribution in [3.8, 4) is 5.75 Å².